The molecule has 0 saturated carbocycles. The summed E-state index contributed by atoms with van der Waals surface area (Å²) in [4.78, 5) is 16.5. The van der Waals surface area contributed by atoms with E-state index in [1.807, 2.05) is 41.0 Å². The van der Waals surface area contributed by atoms with Gasteiger partial charge >= 0.3 is 0 Å². The van der Waals surface area contributed by atoms with Crippen LogP contribution in [0.1, 0.15) is 39.2 Å². The number of rotatable bonds is 8. The molecule has 0 unspecified atom stereocenters. The first kappa shape index (κ1) is 19.8. The molecule has 7 nitrogen and oxygen atoms in total. The Labute approximate surface area is 169 Å². The summed E-state index contributed by atoms with van der Waals surface area (Å²) in [6.07, 6.45) is 4.63. The Morgan fingerprint density at radius 3 is 2.41 bits per heavy atom. The molecule has 1 aromatic heterocycles. The first-order chi connectivity index (χ1) is 14.0. The monoisotopic (exact) mass is 386 g/mol. The van der Waals surface area contributed by atoms with Crippen LogP contribution in [0.3, 0.4) is 0 Å². The van der Waals surface area contributed by atoms with E-state index in [1.54, 1.807) is 24.7 Å². The Morgan fingerprint density at radius 2 is 1.76 bits per heavy atom. The SMILES string of the molecule is N#CCCc1ccc(Cn2cnc(C(=O)NCc3ccc(C(=N)N)cc3)c2)cc1. The van der Waals surface area contributed by atoms with Gasteiger partial charge in [-0.3, -0.25) is 10.2 Å². The first-order valence-electron chi connectivity index (χ1n) is 9.23. The lowest BCUT2D eigenvalue weighted by Gasteiger charge is -2.05. The van der Waals surface area contributed by atoms with Gasteiger partial charge < -0.3 is 15.6 Å². The Morgan fingerprint density at radius 1 is 1.10 bits per heavy atom. The smallest absolute Gasteiger partial charge is 0.271 e. The largest absolute Gasteiger partial charge is 0.384 e. The zero-order valence-electron chi connectivity index (χ0n) is 15.9. The maximum absolute atomic E-state index is 12.3. The molecular weight excluding hydrogens is 364 g/mol. The van der Waals surface area contributed by atoms with E-state index in [9.17, 15) is 4.79 Å². The third-order valence-corrected chi connectivity index (χ3v) is 4.50. The highest BCUT2D eigenvalue weighted by Gasteiger charge is 2.09. The number of aryl methyl sites for hydroxylation is 1. The van der Waals surface area contributed by atoms with Crippen molar-refractivity contribution in [2.75, 3.05) is 0 Å². The molecule has 3 rings (SSSR count). The number of amides is 1. The maximum atomic E-state index is 12.3. The molecule has 2 aromatic carbocycles. The zero-order chi connectivity index (χ0) is 20.6. The van der Waals surface area contributed by atoms with Gasteiger partial charge in [-0.05, 0) is 23.1 Å². The molecule has 0 radical (unpaired) electrons. The van der Waals surface area contributed by atoms with Gasteiger partial charge in [0.2, 0.25) is 0 Å². The van der Waals surface area contributed by atoms with E-state index in [4.69, 9.17) is 16.4 Å². The number of nitriles is 1. The van der Waals surface area contributed by atoms with Gasteiger partial charge in [0.05, 0.1) is 12.4 Å². The zero-order valence-corrected chi connectivity index (χ0v) is 15.9. The molecule has 29 heavy (non-hydrogen) atoms. The Kier molecular flexibility index (Phi) is 6.38. The molecule has 0 bridgehead atoms. The lowest BCUT2D eigenvalue weighted by molar-refractivity contribution is 0.0946. The second-order valence-electron chi connectivity index (χ2n) is 6.70. The summed E-state index contributed by atoms with van der Waals surface area (Å²) in [6.45, 7) is 0.985. The fourth-order valence-corrected chi connectivity index (χ4v) is 2.86. The lowest BCUT2D eigenvalue weighted by Crippen LogP contribution is -2.23. The average Bonchev–Trinajstić information content (AvgIpc) is 3.20. The fraction of sp³-hybridized carbons (Fsp3) is 0.182. The molecule has 7 heteroatoms. The highest BCUT2D eigenvalue weighted by atomic mass is 16.1. The van der Waals surface area contributed by atoms with Crippen LogP contribution in [0.2, 0.25) is 0 Å². The predicted octanol–water partition coefficient (Wildman–Crippen LogP) is 2.60. The first-order valence-corrected chi connectivity index (χ1v) is 9.23. The van der Waals surface area contributed by atoms with E-state index in [0.29, 0.717) is 30.8 Å². The highest BCUT2D eigenvalue weighted by molar-refractivity contribution is 5.95. The second-order valence-corrected chi connectivity index (χ2v) is 6.70. The Bertz CT molecular complexity index is 1030. The van der Waals surface area contributed by atoms with Gasteiger partial charge in [-0.15, -0.1) is 0 Å². The summed E-state index contributed by atoms with van der Waals surface area (Å²) >= 11 is 0. The van der Waals surface area contributed by atoms with Crippen LogP contribution >= 0.6 is 0 Å². The van der Waals surface area contributed by atoms with E-state index >= 15 is 0 Å². The molecule has 1 heterocycles. The lowest BCUT2D eigenvalue weighted by atomic mass is 10.1. The summed E-state index contributed by atoms with van der Waals surface area (Å²) in [5, 5.41) is 18.9. The van der Waals surface area contributed by atoms with Crippen molar-refractivity contribution in [3.63, 3.8) is 0 Å². The van der Waals surface area contributed by atoms with Crippen LogP contribution in [0.15, 0.2) is 61.1 Å². The van der Waals surface area contributed by atoms with Crippen molar-refractivity contribution in [2.24, 2.45) is 5.73 Å². The van der Waals surface area contributed by atoms with Crippen molar-refractivity contribution < 1.29 is 4.79 Å². The van der Waals surface area contributed by atoms with E-state index in [-0.39, 0.29) is 11.7 Å². The molecule has 0 spiro atoms. The Balaban J connectivity index is 1.54. The summed E-state index contributed by atoms with van der Waals surface area (Å²) in [5.74, 6) is -0.228. The van der Waals surface area contributed by atoms with Gasteiger partial charge in [0.25, 0.3) is 5.91 Å². The van der Waals surface area contributed by atoms with E-state index in [2.05, 4.69) is 16.4 Å². The molecule has 0 fully saturated rings. The van der Waals surface area contributed by atoms with Crippen molar-refractivity contribution in [2.45, 2.75) is 25.9 Å². The molecule has 0 atom stereocenters. The third kappa shape index (κ3) is 5.53. The number of nitrogens with zero attached hydrogens (tertiary/aromatic N) is 3. The number of hydrogen-bond acceptors (Lipinski definition) is 4. The fourth-order valence-electron chi connectivity index (χ4n) is 2.86. The molecule has 4 N–H and O–H groups in total. The summed E-state index contributed by atoms with van der Waals surface area (Å²) in [5.41, 5.74) is 9.60. The molecule has 0 saturated heterocycles. The molecular formula is C22H22N6O. The maximum Gasteiger partial charge on any atom is 0.271 e. The number of carbonyl (C=O) groups excluding carboxylic acids is 1. The standard InChI is InChI=1S/C22H22N6O/c23-11-1-2-16-3-5-18(6-4-16)13-28-14-20(27-15-28)22(29)26-12-17-7-9-19(10-8-17)21(24)25/h3-10,14-15H,1-2,12-13H2,(H3,24,25)(H,26,29). The van der Waals surface area contributed by atoms with Crippen LogP contribution in [0.5, 0.6) is 0 Å². The van der Waals surface area contributed by atoms with Gasteiger partial charge in [-0.2, -0.15) is 5.26 Å². The van der Waals surface area contributed by atoms with Crippen LogP contribution in [0, 0.1) is 16.7 Å². The van der Waals surface area contributed by atoms with Crippen LogP contribution in [0.4, 0.5) is 0 Å². The number of amidine groups is 1. The van der Waals surface area contributed by atoms with Crippen molar-refractivity contribution >= 4 is 11.7 Å². The molecule has 0 aliphatic carbocycles. The molecule has 146 valence electrons. The van der Waals surface area contributed by atoms with E-state index in [1.165, 1.54) is 0 Å². The summed E-state index contributed by atoms with van der Waals surface area (Å²) in [7, 11) is 0. The minimum atomic E-state index is -0.244. The van der Waals surface area contributed by atoms with Gasteiger partial charge in [-0.25, -0.2) is 4.98 Å². The number of carbonyl (C=O) groups is 1. The van der Waals surface area contributed by atoms with Crippen LogP contribution in [-0.4, -0.2) is 21.3 Å². The minimum Gasteiger partial charge on any atom is -0.384 e. The average molecular weight is 386 g/mol. The number of aromatic nitrogens is 2. The van der Waals surface area contributed by atoms with Crippen molar-refractivity contribution in [1.82, 2.24) is 14.9 Å². The number of imidazole rings is 1. The van der Waals surface area contributed by atoms with Crippen molar-refractivity contribution in [1.29, 1.82) is 10.7 Å². The van der Waals surface area contributed by atoms with Crippen molar-refractivity contribution in [3.05, 3.63) is 89.0 Å². The van der Waals surface area contributed by atoms with Gasteiger partial charge in [0.1, 0.15) is 11.5 Å². The van der Waals surface area contributed by atoms with Gasteiger partial charge in [0, 0.05) is 31.3 Å². The second kappa shape index (κ2) is 9.33. The number of hydrogen-bond donors (Lipinski definition) is 3. The summed E-state index contributed by atoms with van der Waals surface area (Å²) < 4.78 is 1.86. The van der Waals surface area contributed by atoms with Crippen LogP contribution in [0.25, 0.3) is 0 Å². The van der Waals surface area contributed by atoms with Crippen molar-refractivity contribution in [3.8, 4) is 6.07 Å². The summed E-state index contributed by atoms with van der Waals surface area (Å²) in [6, 6.07) is 17.4. The molecule has 0 aliphatic rings. The predicted molar refractivity (Wildman–Crippen MR) is 110 cm³/mol. The number of benzene rings is 2. The minimum absolute atomic E-state index is 0.0166. The van der Waals surface area contributed by atoms with E-state index in [0.717, 1.165) is 23.1 Å². The number of nitrogens with two attached hydrogens (primary N) is 1. The van der Waals surface area contributed by atoms with E-state index < -0.39 is 0 Å². The molecule has 0 aliphatic heterocycles. The van der Waals surface area contributed by atoms with Crippen LogP contribution < -0.4 is 11.1 Å². The van der Waals surface area contributed by atoms with Gasteiger partial charge in [0.15, 0.2) is 0 Å². The number of nitrogens with one attached hydrogen (secondary N) is 2. The quantitative estimate of drug-likeness (QED) is 0.407. The topological polar surface area (TPSA) is 121 Å². The third-order valence-electron chi connectivity index (χ3n) is 4.50. The number of nitrogen functional groups attached to an aromatic ring is 1. The Hall–Kier alpha value is -3.92. The normalized spacial score (nSPS) is 10.3. The van der Waals surface area contributed by atoms with Gasteiger partial charge in [-0.1, -0.05) is 48.5 Å². The molecule has 1 amide bonds. The van der Waals surface area contributed by atoms with Crippen LogP contribution in [-0.2, 0) is 19.5 Å². The highest BCUT2D eigenvalue weighted by Crippen LogP contribution is 2.09. The molecule has 3 aromatic rings.